The van der Waals surface area contributed by atoms with Crippen molar-refractivity contribution in [2.75, 3.05) is 0 Å². The minimum Gasteiger partial charge on any atom is -0.106 e. The number of rotatable bonds is 8. The fourth-order valence-electron chi connectivity index (χ4n) is 4.36. The highest BCUT2D eigenvalue weighted by Crippen LogP contribution is 2.20. The summed E-state index contributed by atoms with van der Waals surface area (Å²) >= 11 is 0. The van der Waals surface area contributed by atoms with Crippen LogP contribution in [0.3, 0.4) is 0 Å². The molecule has 0 heteroatoms. The molecule has 0 bridgehead atoms. The fraction of sp³-hybridized carbons (Fsp3) is 0.436. The lowest BCUT2D eigenvalue weighted by Gasteiger charge is -2.12. The van der Waals surface area contributed by atoms with E-state index < -0.39 is 0 Å². The Hall–Kier alpha value is -2.86. The second kappa shape index (κ2) is 24.2. The van der Waals surface area contributed by atoms with Crippen molar-refractivity contribution in [2.24, 2.45) is 0 Å². The lowest BCUT2D eigenvalue weighted by atomic mass is 9.93. The van der Waals surface area contributed by atoms with E-state index in [2.05, 4.69) is 116 Å². The topological polar surface area (TPSA) is 0 Å². The van der Waals surface area contributed by atoms with Crippen LogP contribution in [-0.4, -0.2) is 0 Å². The SMILES string of the molecule is C=C.C=C(C)Cc1ccc(C(=C)C)cc1.CC.CCCC1=CC=CCC1.CCCc1ccc(C)c(C)c1CC. The first-order chi connectivity index (χ1) is 18.7. The molecule has 0 radical (unpaired) electrons. The predicted octanol–water partition coefficient (Wildman–Crippen LogP) is 12.5. The molecule has 0 amide bonds. The Morgan fingerprint density at radius 1 is 0.821 bits per heavy atom. The van der Waals surface area contributed by atoms with E-state index in [1.807, 2.05) is 27.7 Å². The predicted molar refractivity (Wildman–Crippen MR) is 183 cm³/mol. The molecule has 2 aromatic carbocycles. The fourth-order valence-corrected chi connectivity index (χ4v) is 4.36. The van der Waals surface area contributed by atoms with E-state index in [-0.39, 0.29) is 0 Å². The van der Waals surface area contributed by atoms with Gasteiger partial charge in [-0.1, -0.05) is 132 Å². The Morgan fingerprint density at radius 3 is 1.85 bits per heavy atom. The van der Waals surface area contributed by atoms with Gasteiger partial charge in [-0.2, -0.15) is 0 Å². The summed E-state index contributed by atoms with van der Waals surface area (Å²) in [4.78, 5) is 0. The second-order valence-electron chi connectivity index (χ2n) is 9.90. The van der Waals surface area contributed by atoms with Gasteiger partial charge in [-0.15, -0.1) is 13.2 Å². The molecule has 0 nitrogen and oxygen atoms in total. The maximum absolute atomic E-state index is 3.90. The van der Waals surface area contributed by atoms with E-state index in [1.54, 1.807) is 16.7 Å². The Labute approximate surface area is 244 Å². The van der Waals surface area contributed by atoms with Gasteiger partial charge in [0.15, 0.2) is 0 Å². The first-order valence-electron chi connectivity index (χ1n) is 15.0. The van der Waals surface area contributed by atoms with Gasteiger partial charge in [0, 0.05) is 0 Å². The molecule has 0 saturated carbocycles. The molecule has 0 aliphatic heterocycles. The van der Waals surface area contributed by atoms with Crippen LogP contribution in [0, 0.1) is 13.8 Å². The summed E-state index contributed by atoms with van der Waals surface area (Å²) in [6, 6.07) is 13.0. The summed E-state index contributed by atoms with van der Waals surface area (Å²) in [5.41, 5.74) is 12.5. The third kappa shape index (κ3) is 16.7. The van der Waals surface area contributed by atoms with Gasteiger partial charge in [0.05, 0.1) is 0 Å². The Kier molecular flexibility index (Phi) is 23.8. The third-order valence-corrected chi connectivity index (χ3v) is 6.46. The normalized spacial score (nSPS) is 11.1. The maximum atomic E-state index is 3.90. The van der Waals surface area contributed by atoms with Crippen LogP contribution >= 0.6 is 0 Å². The monoisotopic (exact) mass is 528 g/mol. The van der Waals surface area contributed by atoms with Crippen LogP contribution in [0.25, 0.3) is 5.57 Å². The van der Waals surface area contributed by atoms with Crippen LogP contribution in [0.2, 0.25) is 0 Å². The summed E-state index contributed by atoms with van der Waals surface area (Å²) in [7, 11) is 0. The highest BCUT2D eigenvalue weighted by atomic mass is 14.1. The molecule has 3 rings (SSSR count). The summed E-state index contributed by atoms with van der Waals surface area (Å²) in [5.74, 6) is 0. The summed E-state index contributed by atoms with van der Waals surface area (Å²) in [6.45, 7) is 33.0. The zero-order valence-electron chi connectivity index (χ0n) is 27.2. The molecular weight excluding hydrogens is 468 g/mol. The van der Waals surface area contributed by atoms with E-state index in [0.29, 0.717) is 0 Å². The maximum Gasteiger partial charge on any atom is -0.00726 e. The Morgan fingerprint density at radius 2 is 1.41 bits per heavy atom. The van der Waals surface area contributed by atoms with Gasteiger partial charge in [0.25, 0.3) is 0 Å². The van der Waals surface area contributed by atoms with E-state index in [9.17, 15) is 0 Å². The molecule has 0 N–H and O–H groups in total. The number of hydrogen-bond acceptors (Lipinski definition) is 0. The summed E-state index contributed by atoms with van der Waals surface area (Å²) in [6.07, 6.45) is 16.4. The molecule has 216 valence electrons. The number of hydrogen-bond donors (Lipinski definition) is 0. The molecule has 0 spiro atoms. The van der Waals surface area contributed by atoms with Gasteiger partial charge < -0.3 is 0 Å². The van der Waals surface area contributed by atoms with Crippen LogP contribution in [-0.2, 0) is 19.3 Å². The average molecular weight is 529 g/mol. The van der Waals surface area contributed by atoms with Crippen LogP contribution < -0.4 is 0 Å². The van der Waals surface area contributed by atoms with E-state index in [4.69, 9.17) is 0 Å². The molecule has 0 saturated heterocycles. The molecule has 2 aromatic rings. The van der Waals surface area contributed by atoms with E-state index in [0.717, 1.165) is 12.0 Å². The third-order valence-electron chi connectivity index (χ3n) is 6.46. The van der Waals surface area contributed by atoms with Gasteiger partial charge in [-0.05, 0) is 99.6 Å². The van der Waals surface area contributed by atoms with Crippen LogP contribution in [0.1, 0.15) is 114 Å². The highest BCUT2D eigenvalue weighted by molar-refractivity contribution is 5.61. The standard InChI is InChI=1S/C13H16.C13H20.C9H14.C2H6.C2H4/c1-10(2)9-12-5-7-13(8-6-12)11(3)4;1-5-7-12-9-8-10(3)11(4)13(12)6-2;1-2-6-9-7-4-3-5-8-9;2*1-2/h5-8H,1,3,9H2,2,4H3;8-9H,5-7H2,1-4H3;3-4,7H,2,5-6,8H2,1H3;1-2H3;1-2H2. The Balaban J connectivity index is 0. The molecule has 1 aliphatic carbocycles. The van der Waals surface area contributed by atoms with Crippen molar-refractivity contribution >= 4 is 5.57 Å². The first kappa shape index (κ1) is 38.3. The molecule has 0 atom stereocenters. The zero-order chi connectivity index (χ0) is 30.2. The van der Waals surface area contributed by atoms with Crippen LogP contribution in [0.15, 0.2) is 92.1 Å². The van der Waals surface area contributed by atoms with Gasteiger partial charge in [0.1, 0.15) is 0 Å². The van der Waals surface area contributed by atoms with Crippen molar-refractivity contribution in [1.29, 1.82) is 0 Å². The van der Waals surface area contributed by atoms with Crippen molar-refractivity contribution in [2.45, 2.75) is 114 Å². The van der Waals surface area contributed by atoms with Crippen molar-refractivity contribution < 1.29 is 0 Å². The number of allylic oxidation sites excluding steroid dienone is 6. The summed E-state index contributed by atoms with van der Waals surface area (Å²) in [5, 5.41) is 0. The number of aryl methyl sites for hydroxylation is 2. The zero-order valence-corrected chi connectivity index (χ0v) is 27.2. The molecule has 39 heavy (non-hydrogen) atoms. The minimum atomic E-state index is 0.969. The largest absolute Gasteiger partial charge is 0.106 e. The average Bonchev–Trinajstić information content (AvgIpc) is 2.95. The molecule has 0 fully saturated rings. The van der Waals surface area contributed by atoms with Gasteiger partial charge in [0.2, 0.25) is 0 Å². The first-order valence-corrected chi connectivity index (χ1v) is 15.0. The molecule has 1 aliphatic rings. The lowest BCUT2D eigenvalue weighted by molar-refractivity contribution is 0.821. The quantitative estimate of drug-likeness (QED) is 0.299. The smallest absolute Gasteiger partial charge is 0.00726 e. The number of benzene rings is 2. The van der Waals surface area contributed by atoms with Gasteiger partial charge in [-0.25, -0.2) is 0 Å². The van der Waals surface area contributed by atoms with Crippen molar-refractivity contribution in [3.05, 3.63) is 125 Å². The molecule has 0 aromatic heterocycles. The van der Waals surface area contributed by atoms with Gasteiger partial charge >= 0.3 is 0 Å². The van der Waals surface area contributed by atoms with Crippen LogP contribution in [0.4, 0.5) is 0 Å². The molecular formula is C39H60. The second-order valence-corrected chi connectivity index (χ2v) is 9.90. The van der Waals surface area contributed by atoms with E-state index in [1.165, 1.54) is 72.8 Å². The minimum absolute atomic E-state index is 0.969. The van der Waals surface area contributed by atoms with Crippen molar-refractivity contribution in [3.63, 3.8) is 0 Å². The van der Waals surface area contributed by atoms with E-state index >= 15 is 0 Å². The molecule has 0 heterocycles. The van der Waals surface area contributed by atoms with Gasteiger partial charge in [-0.3, -0.25) is 0 Å². The lowest BCUT2D eigenvalue weighted by Crippen LogP contribution is -1.97. The summed E-state index contributed by atoms with van der Waals surface area (Å²) < 4.78 is 0. The van der Waals surface area contributed by atoms with Crippen molar-refractivity contribution in [1.82, 2.24) is 0 Å². The van der Waals surface area contributed by atoms with Crippen molar-refractivity contribution in [3.8, 4) is 0 Å². The molecule has 0 unspecified atom stereocenters. The highest BCUT2D eigenvalue weighted by Gasteiger charge is 2.04. The van der Waals surface area contributed by atoms with Crippen LogP contribution in [0.5, 0.6) is 0 Å². The Bertz CT molecular complexity index is 995.